The zero-order valence-electron chi connectivity index (χ0n) is 8.81. The molecule has 1 aliphatic rings. The van der Waals surface area contributed by atoms with Gasteiger partial charge in [0, 0.05) is 5.56 Å². The molecule has 0 unspecified atom stereocenters. The summed E-state index contributed by atoms with van der Waals surface area (Å²) in [5.41, 5.74) is 1.76. The highest BCUT2D eigenvalue weighted by Crippen LogP contribution is 2.33. The van der Waals surface area contributed by atoms with Gasteiger partial charge in [-0.05, 0) is 30.4 Å². The largest absolute Gasteiger partial charge is 0.207 e. The molecule has 1 aromatic carbocycles. The van der Waals surface area contributed by atoms with Crippen LogP contribution in [0.1, 0.15) is 49.1 Å². The summed E-state index contributed by atoms with van der Waals surface area (Å²) in [5.74, 6) is 0.683. The van der Waals surface area contributed by atoms with Crippen molar-refractivity contribution >= 4 is 11.6 Å². The van der Waals surface area contributed by atoms with E-state index in [-0.39, 0.29) is 11.7 Å². The molecular weight excluding hydrogens is 211 g/mol. The van der Waals surface area contributed by atoms with E-state index in [1.807, 2.05) is 12.1 Å². The first-order valence-corrected chi connectivity index (χ1v) is 6.19. The van der Waals surface area contributed by atoms with Crippen LogP contribution in [0.2, 0.25) is 0 Å². The van der Waals surface area contributed by atoms with Crippen molar-refractivity contribution in [3.63, 3.8) is 0 Å². The van der Waals surface area contributed by atoms with Gasteiger partial charge in [0.25, 0.3) is 0 Å². The highest BCUT2D eigenvalue weighted by molar-refractivity contribution is 6.17. The summed E-state index contributed by atoms with van der Waals surface area (Å²) < 4.78 is 13.5. The monoisotopic (exact) mass is 226 g/mol. The van der Waals surface area contributed by atoms with Crippen LogP contribution in [-0.4, -0.2) is 0 Å². The SMILES string of the molecule is Fc1cc(C2CCCCC2)ccc1CCl. The molecule has 0 aliphatic heterocycles. The normalized spacial score (nSPS) is 18.0. The van der Waals surface area contributed by atoms with Gasteiger partial charge in [-0.15, -0.1) is 11.6 Å². The van der Waals surface area contributed by atoms with Crippen LogP contribution in [0, 0.1) is 5.82 Å². The topological polar surface area (TPSA) is 0 Å². The van der Waals surface area contributed by atoms with Crippen molar-refractivity contribution < 1.29 is 4.39 Å². The molecule has 2 rings (SSSR count). The highest BCUT2D eigenvalue weighted by Gasteiger charge is 2.16. The van der Waals surface area contributed by atoms with E-state index in [4.69, 9.17) is 11.6 Å². The zero-order valence-corrected chi connectivity index (χ0v) is 9.56. The molecule has 1 aromatic rings. The van der Waals surface area contributed by atoms with Crippen molar-refractivity contribution in [2.75, 3.05) is 0 Å². The Hall–Kier alpha value is -0.560. The molecule has 0 nitrogen and oxygen atoms in total. The first-order valence-electron chi connectivity index (χ1n) is 5.65. The number of rotatable bonds is 2. The minimum absolute atomic E-state index is 0.145. The molecule has 82 valence electrons. The van der Waals surface area contributed by atoms with Crippen molar-refractivity contribution in [3.05, 3.63) is 35.1 Å². The fourth-order valence-electron chi connectivity index (χ4n) is 2.36. The summed E-state index contributed by atoms with van der Waals surface area (Å²) in [6, 6.07) is 5.54. The van der Waals surface area contributed by atoms with Gasteiger partial charge >= 0.3 is 0 Å². The molecule has 0 N–H and O–H groups in total. The molecule has 1 aliphatic carbocycles. The summed E-state index contributed by atoms with van der Waals surface area (Å²) in [7, 11) is 0. The lowest BCUT2D eigenvalue weighted by molar-refractivity contribution is 0.442. The fourth-order valence-corrected chi connectivity index (χ4v) is 2.58. The van der Waals surface area contributed by atoms with Crippen molar-refractivity contribution in [3.8, 4) is 0 Å². The Bertz CT molecular complexity index is 329. The molecule has 1 fully saturated rings. The van der Waals surface area contributed by atoms with Crippen molar-refractivity contribution in [2.24, 2.45) is 0 Å². The average molecular weight is 227 g/mol. The maximum Gasteiger partial charge on any atom is 0.127 e. The van der Waals surface area contributed by atoms with Gasteiger partial charge in [-0.3, -0.25) is 0 Å². The molecule has 0 bridgehead atoms. The van der Waals surface area contributed by atoms with E-state index in [1.54, 1.807) is 6.07 Å². The second-order valence-corrected chi connectivity index (χ2v) is 4.59. The van der Waals surface area contributed by atoms with Crippen LogP contribution in [0.5, 0.6) is 0 Å². The molecular formula is C13H16ClF. The third-order valence-electron chi connectivity index (χ3n) is 3.30. The molecule has 0 heterocycles. The lowest BCUT2D eigenvalue weighted by atomic mass is 9.84. The molecule has 0 saturated heterocycles. The standard InChI is InChI=1S/C13H16ClF/c14-9-12-7-6-11(8-13(12)15)10-4-2-1-3-5-10/h6-8,10H,1-5,9H2. The van der Waals surface area contributed by atoms with Crippen molar-refractivity contribution in [1.82, 2.24) is 0 Å². The summed E-state index contributed by atoms with van der Waals surface area (Å²) >= 11 is 5.63. The minimum atomic E-state index is -0.145. The Morgan fingerprint density at radius 2 is 1.93 bits per heavy atom. The third-order valence-corrected chi connectivity index (χ3v) is 3.59. The number of alkyl halides is 1. The summed E-state index contributed by atoms with van der Waals surface area (Å²) in [6.07, 6.45) is 6.31. The molecule has 2 heteroatoms. The lowest BCUT2D eigenvalue weighted by Gasteiger charge is -2.22. The van der Waals surface area contributed by atoms with Gasteiger partial charge in [-0.1, -0.05) is 31.4 Å². The highest BCUT2D eigenvalue weighted by atomic mass is 35.5. The van der Waals surface area contributed by atoms with Crippen LogP contribution in [0.4, 0.5) is 4.39 Å². The van der Waals surface area contributed by atoms with Crippen molar-refractivity contribution in [2.45, 2.75) is 43.9 Å². The van der Waals surface area contributed by atoms with Crippen LogP contribution in [0.15, 0.2) is 18.2 Å². The van der Waals surface area contributed by atoms with Gasteiger partial charge in [0.05, 0.1) is 5.88 Å². The molecule has 0 aromatic heterocycles. The molecule has 1 saturated carbocycles. The first-order chi connectivity index (χ1) is 7.31. The van der Waals surface area contributed by atoms with Crippen LogP contribution >= 0.6 is 11.6 Å². The fraction of sp³-hybridized carbons (Fsp3) is 0.538. The van der Waals surface area contributed by atoms with Gasteiger partial charge in [-0.2, -0.15) is 0 Å². The smallest absolute Gasteiger partial charge is 0.127 e. The van der Waals surface area contributed by atoms with Gasteiger partial charge in [0.2, 0.25) is 0 Å². The Morgan fingerprint density at radius 1 is 1.20 bits per heavy atom. The average Bonchev–Trinajstić information content (AvgIpc) is 2.30. The predicted octanol–water partition coefficient (Wildman–Crippen LogP) is 4.61. The number of hydrogen-bond donors (Lipinski definition) is 0. The number of benzene rings is 1. The quantitative estimate of drug-likeness (QED) is 0.646. The number of halogens is 2. The van der Waals surface area contributed by atoms with E-state index in [0.717, 1.165) is 5.56 Å². The first kappa shape index (κ1) is 10.9. The maximum absolute atomic E-state index is 13.5. The van der Waals surface area contributed by atoms with Gasteiger partial charge in [0.1, 0.15) is 5.82 Å². The van der Waals surface area contributed by atoms with E-state index in [0.29, 0.717) is 11.5 Å². The second-order valence-electron chi connectivity index (χ2n) is 4.32. The van der Waals surface area contributed by atoms with Crippen LogP contribution in [0.25, 0.3) is 0 Å². The molecule has 0 amide bonds. The second kappa shape index (κ2) is 4.98. The maximum atomic E-state index is 13.5. The Morgan fingerprint density at radius 3 is 2.53 bits per heavy atom. The van der Waals surface area contributed by atoms with Crippen LogP contribution < -0.4 is 0 Å². The molecule has 0 spiro atoms. The molecule has 0 atom stereocenters. The lowest BCUT2D eigenvalue weighted by Crippen LogP contribution is -2.05. The van der Waals surface area contributed by atoms with Crippen LogP contribution in [0.3, 0.4) is 0 Å². The minimum Gasteiger partial charge on any atom is -0.207 e. The van der Waals surface area contributed by atoms with Crippen molar-refractivity contribution in [1.29, 1.82) is 0 Å². The third kappa shape index (κ3) is 2.52. The van der Waals surface area contributed by atoms with Gasteiger partial charge in [0.15, 0.2) is 0 Å². The predicted molar refractivity (Wildman–Crippen MR) is 61.8 cm³/mol. The van der Waals surface area contributed by atoms with Gasteiger partial charge < -0.3 is 0 Å². The Kier molecular flexibility index (Phi) is 3.63. The number of hydrogen-bond acceptors (Lipinski definition) is 0. The van der Waals surface area contributed by atoms with E-state index < -0.39 is 0 Å². The van der Waals surface area contributed by atoms with E-state index in [1.165, 1.54) is 32.1 Å². The summed E-state index contributed by atoms with van der Waals surface area (Å²) in [4.78, 5) is 0. The summed E-state index contributed by atoms with van der Waals surface area (Å²) in [6.45, 7) is 0. The Balaban J connectivity index is 2.17. The molecule has 0 radical (unpaired) electrons. The van der Waals surface area contributed by atoms with E-state index in [9.17, 15) is 4.39 Å². The van der Waals surface area contributed by atoms with Crippen LogP contribution in [-0.2, 0) is 5.88 Å². The summed E-state index contributed by atoms with van der Waals surface area (Å²) in [5, 5.41) is 0. The Labute approximate surface area is 95.4 Å². The van der Waals surface area contributed by atoms with E-state index in [2.05, 4.69) is 0 Å². The molecule has 15 heavy (non-hydrogen) atoms. The zero-order chi connectivity index (χ0) is 10.7. The van der Waals surface area contributed by atoms with E-state index >= 15 is 0 Å². The van der Waals surface area contributed by atoms with Gasteiger partial charge in [-0.25, -0.2) is 4.39 Å².